The Hall–Kier alpha value is -1.27. The van der Waals surface area contributed by atoms with Gasteiger partial charge in [0.1, 0.15) is 10.0 Å². The molecule has 0 aromatic carbocycles. The lowest BCUT2D eigenvalue weighted by Crippen LogP contribution is -2.25. The minimum atomic E-state index is -1.03. The van der Waals surface area contributed by atoms with Crippen LogP contribution < -0.4 is 10.5 Å². The van der Waals surface area contributed by atoms with Crippen molar-refractivity contribution in [3.8, 4) is 5.88 Å². The van der Waals surface area contributed by atoms with Gasteiger partial charge in [0.25, 0.3) is 0 Å². The topological polar surface area (TPSA) is 74.4 Å². The fourth-order valence-electron chi connectivity index (χ4n) is 0.970. The summed E-state index contributed by atoms with van der Waals surface area (Å²) in [6.07, 6.45) is -0.995. The molecule has 0 aliphatic heterocycles. The molecule has 0 aliphatic carbocycles. The Kier molecular flexibility index (Phi) is 4.36. The molecule has 0 saturated carbocycles. The van der Waals surface area contributed by atoms with E-state index in [2.05, 4.69) is 9.72 Å². The Morgan fingerprint density at radius 1 is 1.47 bits per heavy atom. The summed E-state index contributed by atoms with van der Waals surface area (Å²) in [7, 11) is 1.19. The number of aromatic nitrogens is 1. The minimum Gasteiger partial charge on any atom is -0.466 e. The molecule has 0 spiro atoms. The molecule has 1 atom stereocenters. The highest BCUT2D eigenvalue weighted by molar-refractivity contribution is 6.39. The molecule has 0 fully saturated rings. The monoisotopic (exact) mass is 282 g/mol. The van der Waals surface area contributed by atoms with Crippen molar-refractivity contribution in [2.75, 3.05) is 12.8 Å². The molecular formula is C9H9Cl2FN2O3. The maximum Gasteiger partial charge on any atom is 0.346 e. The Bertz CT molecular complexity index is 456. The van der Waals surface area contributed by atoms with Crippen molar-refractivity contribution in [3.05, 3.63) is 16.0 Å². The predicted octanol–water partition coefficient (Wildman–Crippen LogP) is 2.05. The number of pyridine rings is 1. The van der Waals surface area contributed by atoms with Crippen LogP contribution in [0.4, 0.5) is 10.1 Å². The van der Waals surface area contributed by atoms with Gasteiger partial charge in [-0.05, 0) is 6.92 Å². The SMILES string of the molecule is COC(=O)C(C)Oc1nc(F)c(Cl)c(N)c1Cl. The molecule has 2 N–H and O–H groups in total. The smallest absolute Gasteiger partial charge is 0.346 e. The molecule has 17 heavy (non-hydrogen) atoms. The van der Waals surface area contributed by atoms with Crippen molar-refractivity contribution >= 4 is 34.9 Å². The summed E-state index contributed by atoms with van der Waals surface area (Å²) in [5.74, 6) is -2.00. The van der Waals surface area contributed by atoms with Gasteiger partial charge in [0.15, 0.2) is 6.10 Å². The van der Waals surface area contributed by atoms with E-state index in [1.807, 2.05) is 0 Å². The molecule has 1 heterocycles. The number of halogens is 3. The van der Waals surface area contributed by atoms with Crippen molar-refractivity contribution in [1.82, 2.24) is 4.98 Å². The first kappa shape index (κ1) is 13.8. The molecule has 94 valence electrons. The van der Waals surface area contributed by atoms with E-state index in [1.54, 1.807) is 0 Å². The van der Waals surface area contributed by atoms with Gasteiger partial charge in [-0.2, -0.15) is 9.37 Å². The van der Waals surface area contributed by atoms with Crippen LogP contribution in [0, 0.1) is 5.95 Å². The fraction of sp³-hybridized carbons (Fsp3) is 0.333. The quantitative estimate of drug-likeness (QED) is 0.678. The van der Waals surface area contributed by atoms with Crippen LogP contribution in [0.3, 0.4) is 0 Å². The average Bonchev–Trinajstić information content (AvgIpc) is 2.32. The summed E-state index contributed by atoms with van der Waals surface area (Å²) in [6, 6.07) is 0. The number of ether oxygens (including phenoxy) is 2. The Labute approximate surface area is 107 Å². The van der Waals surface area contributed by atoms with Crippen molar-refractivity contribution in [2.45, 2.75) is 13.0 Å². The van der Waals surface area contributed by atoms with Crippen molar-refractivity contribution in [1.29, 1.82) is 0 Å². The predicted molar refractivity (Wildman–Crippen MR) is 60.7 cm³/mol. The van der Waals surface area contributed by atoms with E-state index < -0.39 is 23.0 Å². The molecule has 1 rings (SSSR count). The first-order valence-electron chi connectivity index (χ1n) is 4.43. The van der Waals surface area contributed by atoms with Crippen LogP contribution in [0.15, 0.2) is 0 Å². The molecule has 5 nitrogen and oxygen atoms in total. The maximum atomic E-state index is 13.2. The van der Waals surface area contributed by atoms with Gasteiger partial charge < -0.3 is 15.2 Å². The summed E-state index contributed by atoms with van der Waals surface area (Å²) in [4.78, 5) is 14.4. The first-order chi connectivity index (χ1) is 7.88. The Balaban J connectivity index is 3.04. The van der Waals surface area contributed by atoms with Crippen LogP contribution in [-0.4, -0.2) is 24.2 Å². The van der Waals surface area contributed by atoms with Crippen LogP contribution in [0.1, 0.15) is 6.92 Å². The normalized spacial score (nSPS) is 12.1. The zero-order valence-corrected chi connectivity index (χ0v) is 10.5. The zero-order valence-electron chi connectivity index (χ0n) is 8.96. The number of nitrogen functional groups attached to an aromatic ring is 1. The lowest BCUT2D eigenvalue weighted by atomic mass is 10.4. The van der Waals surface area contributed by atoms with Crippen LogP contribution >= 0.6 is 23.2 Å². The van der Waals surface area contributed by atoms with Gasteiger partial charge in [-0.15, -0.1) is 0 Å². The second-order valence-corrected chi connectivity index (χ2v) is 3.79. The lowest BCUT2D eigenvalue weighted by Gasteiger charge is -2.14. The number of carbonyl (C=O) groups excluding carboxylic acids is 1. The summed E-state index contributed by atoms with van der Waals surface area (Å²) in [5, 5.41) is -0.555. The van der Waals surface area contributed by atoms with E-state index in [1.165, 1.54) is 14.0 Å². The van der Waals surface area contributed by atoms with E-state index in [9.17, 15) is 9.18 Å². The molecule has 0 aliphatic rings. The molecule has 0 radical (unpaired) electrons. The van der Waals surface area contributed by atoms with Gasteiger partial charge in [0, 0.05) is 0 Å². The third kappa shape index (κ3) is 2.89. The molecule has 1 unspecified atom stereocenters. The van der Waals surface area contributed by atoms with Crippen LogP contribution in [-0.2, 0) is 9.53 Å². The van der Waals surface area contributed by atoms with E-state index >= 15 is 0 Å². The number of nitrogens with zero attached hydrogens (tertiary/aromatic N) is 1. The third-order valence-electron chi connectivity index (χ3n) is 1.86. The number of hydrogen-bond acceptors (Lipinski definition) is 5. The Morgan fingerprint density at radius 3 is 2.59 bits per heavy atom. The highest BCUT2D eigenvalue weighted by atomic mass is 35.5. The number of esters is 1. The van der Waals surface area contributed by atoms with Crippen LogP contribution in [0.25, 0.3) is 0 Å². The van der Waals surface area contributed by atoms with Gasteiger partial charge in [0.2, 0.25) is 11.8 Å². The van der Waals surface area contributed by atoms with E-state index in [0.717, 1.165) is 0 Å². The minimum absolute atomic E-state index is 0.160. The van der Waals surface area contributed by atoms with Crippen molar-refractivity contribution < 1.29 is 18.7 Å². The van der Waals surface area contributed by atoms with Crippen LogP contribution in [0.5, 0.6) is 5.88 Å². The molecule has 8 heteroatoms. The van der Waals surface area contributed by atoms with E-state index in [0.29, 0.717) is 0 Å². The summed E-state index contributed by atoms with van der Waals surface area (Å²) in [6.45, 7) is 1.40. The number of rotatable bonds is 3. The van der Waals surface area contributed by atoms with Gasteiger partial charge in [-0.1, -0.05) is 23.2 Å². The van der Waals surface area contributed by atoms with Gasteiger partial charge in [-0.3, -0.25) is 0 Å². The molecular weight excluding hydrogens is 274 g/mol. The largest absolute Gasteiger partial charge is 0.466 e. The average molecular weight is 283 g/mol. The highest BCUT2D eigenvalue weighted by Crippen LogP contribution is 2.35. The second kappa shape index (κ2) is 5.37. The number of carbonyl (C=O) groups is 1. The van der Waals surface area contributed by atoms with Gasteiger partial charge >= 0.3 is 5.97 Å². The first-order valence-corrected chi connectivity index (χ1v) is 5.18. The molecule has 1 aromatic heterocycles. The molecule has 0 amide bonds. The standard InChI is InChI=1S/C9H9Cl2FN2O3/c1-3(9(15)16-2)17-8-5(11)6(13)4(10)7(12)14-8/h3H,1-2H3,(H2,13,14). The number of hydrogen-bond donors (Lipinski definition) is 1. The summed E-state index contributed by atoms with van der Waals surface area (Å²) < 4.78 is 22.6. The van der Waals surface area contributed by atoms with Gasteiger partial charge in [0.05, 0.1) is 12.8 Å². The van der Waals surface area contributed by atoms with E-state index in [4.69, 9.17) is 33.7 Å². The van der Waals surface area contributed by atoms with Crippen LogP contribution in [0.2, 0.25) is 10.0 Å². The third-order valence-corrected chi connectivity index (χ3v) is 2.59. The molecule has 0 saturated heterocycles. The molecule has 0 bridgehead atoms. The number of nitrogens with two attached hydrogens (primary N) is 1. The Morgan fingerprint density at radius 2 is 2.06 bits per heavy atom. The van der Waals surface area contributed by atoms with Crippen molar-refractivity contribution in [3.63, 3.8) is 0 Å². The highest BCUT2D eigenvalue weighted by Gasteiger charge is 2.21. The zero-order chi connectivity index (χ0) is 13.2. The summed E-state index contributed by atoms with van der Waals surface area (Å²) in [5.41, 5.74) is 5.23. The fourth-order valence-corrected chi connectivity index (χ4v) is 1.34. The number of anilines is 1. The number of methoxy groups -OCH3 is 1. The van der Waals surface area contributed by atoms with Crippen molar-refractivity contribution in [2.24, 2.45) is 0 Å². The van der Waals surface area contributed by atoms with Gasteiger partial charge in [-0.25, -0.2) is 4.79 Å². The maximum absolute atomic E-state index is 13.2. The second-order valence-electron chi connectivity index (χ2n) is 3.03. The lowest BCUT2D eigenvalue weighted by molar-refractivity contribution is -0.148. The van der Waals surface area contributed by atoms with E-state index in [-0.39, 0.29) is 16.6 Å². The summed E-state index contributed by atoms with van der Waals surface area (Å²) >= 11 is 11.2. The molecule has 1 aromatic rings.